The highest BCUT2D eigenvalue weighted by Gasteiger charge is 2.12. The van der Waals surface area contributed by atoms with Gasteiger partial charge in [0.25, 0.3) is 5.56 Å². The van der Waals surface area contributed by atoms with E-state index in [0.29, 0.717) is 11.7 Å². The first kappa shape index (κ1) is 11.6. The van der Waals surface area contributed by atoms with Crippen LogP contribution in [0.15, 0.2) is 15.6 Å². The van der Waals surface area contributed by atoms with Crippen LogP contribution in [0.3, 0.4) is 0 Å². The van der Waals surface area contributed by atoms with Crippen LogP contribution >= 0.6 is 11.6 Å². The van der Waals surface area contributed by atoms with Crippen molar-refractivity contribution in [2.75, 3.05) is 7.11 Å². The molecule has 0 aromatic carbocycles. The molecule has 0 aliphatic rings. The molecule has 0 atom stereocenters. The third-order valence-corrected chi connectivity index (χ3v) is 2.31. The SMILES string of the molecule is COc1c(Cl)ncn(Cc2noc(C)n2)c1=O. The van der Waals surface area contributed by atoms with Crippen molar-refractivity contribution >= 4 is 11.6 Å². The molecule has 8 heteroatoms. The largest absolute Gasteiger partial charge is 0.489 e. The van der Waals surface area contributed by atoms with E-state index in [1.165, 1.54) is 18.0 Å². The standard InChI is InChI=1S/C9H9ClN4O3/c1-5-12-6(13-17-5)3-14-4-11-8(10)7(16-2)9(14)15/h4H,3H2,1-2H3. The number of nitrogens with zero attached hydrogens (tertiary/aromatic N) is 4. The van der Waals surface area contributed by atoms with Crippen molar-refractivity contribution in [1.29, 1.82) is 0 Å². The van der Waals surface area contributed by atoms with Gasteiger partial charge in [-0.25, -0.2) is 4.98 Å². The molecule has 0 saturated carbocycles. The molecule has 0 N–H and O–H groups in total. The lowest BCUT2D eigenvalue weighted by molar-refractivity contribution is 0.383. The molecule has 0 amide bonds. The summed E-state index contributed by atoms with van der Waals surface area (Å²) in [5.41, 5.74) is -0.394. The number of halogens is 1. The van der Waals surface area contributed by atoms with Gasteiger partial charge in [-0.2, -0.15) is 4.98 Å². The average molecular weight is 257 g/mol. The number of aryl methyl sites for hydroxylation is 1. The smallest absolute Gasteiger partial charge is 0.297 e. The van der Waals surface area contributed by atoms with Crippen LogP contribution < -0.4 is 10.3 Å². The summed E-state index contributed by atoms with van der Waals surface area (Å²) < 4.78 is 11.0. The first-order chi connectivity index (χ1) is 8.11. The van der Waals surface area contributed by atoms with E-state index >= 15 is 0 Å². The number of hydrogen-bond donors (Lipinski definition) is 0. The van der Waals surface area contributed by atoms with Crippen molar-refractivity contribution in [3.63, 3.8) is 0 Å². The van der Waals surface area contributed by atoms with Crippen molar-refractivity contribution in [3.05, 3.63) is 33.5 Å². The Hall–Kier alpha value is -1.89. The molecule has 2 heterocycles. The number of rotatable bonds is 3. The van der Waals surface area contributed by atoms with Crippen LogP contribution in [0.1, 0.15) is 11.7 Å². The normalized spacial score (nSPS) is 10.5. The van der Waals surface area contributed by atoms with Gasteiger partial charge in [-0.3, -0.25) is 9.36 Å². The minimum atomic E-state index is -0.394. The number of aromatic nitrogens is 4. The number of ether oxygens (including phenoxy) is 1. The molecule has 90 valence electrons. The van der Waals surface area contributed by atoms with E-state index in [0.717, 1.165) is 0 Å². The van der Waals surface area contributed by atoms with E-state index in [9.17, 15) is 4.79 Å². The van der Waals surface area contributed by atoms with E-state index < -0.39 is 5.56 Å². The predicted octanol–water partition coefficient (Wildman–Crippen LogP) is 0.645. The predicted molar refractivity (Wildman–Crippen MR) is 58.2 cm³/mol. The molecule has 0 aliphatic heterocycles. The Morgan fingerprint density at radius 3 is 2.94 bits per heavy atom. The fourth-order valence-corrected chi connectivity index (χ4v) is 1.49. The van der Waals surface area contributed by atoms with Crippen molar-refractivity contribution in [1.82, 2.24) is 19.7 Å². The minimum Gasteiger partial charge on any atom is -0.489 e. The van der Waals surface area contributed by atoms with Crippen LogP contribution in [0.25, 0.3) is 0 Å². The number of hydrogen-bond acceptors (Lipinski definition) is 6. The van der Waals surface area contributed by atoms with Gasteiger partial charge < -0.3 is 9.26 Å². The van der Waals surface area contributed by atoms with Gasteiger partial charge >= 0.3 is 0 Å². The highest BCUT2D eigenvalue weighted by atomic mass is 35.5. The van der Waals surface area contributed by atoms with Gasteiger partial charge in [0.05, 0.1) is 20.0 Å². The summed E-state index contributed by atoms with van der Waals surface area (Å²) in [6, 6.07) is 0. The minimum absolute atomic E-state index is 0.00520. The van der Waals surface area contributed by atoms with Gasteiger partial charge in [-0.1, -0.05) is 16.8 Å². The summed E-state index contributed by atoms with van der Waals surface area (Å²) in [5.74, 6) is 0.812. The third kappa shape index (κ3) is 2.28. The van der Waals surface area contributed by atoms with E-state index in [4.69, 9.17) is 20.9 Å². The maximum Gasteiger partial charge on any atom is 0.297 e. The van der Waals surface area contributed by atoms with Crippen LogP contribution in [0.5, 0.6) is 5.75 Å². The second-order valence-electron chi connectivity index (χ2n) is 3.23. The lowest BCUT2D eigenvalue weighted by Gasteiger charge is -2.05. The van der Waals surface area contributed by atoms with Crippen molar-refractivity contribution < 1.29 is 9.26 Å². The second kappa shape index (κ2) is 4.54. The lowest BCUT2D eigenvalue weighted by atomic mass is 10.5. The van der Waals surface area contributed by atoms with Crippen molar-refractivity contribution in [2.45, 2.75) is 13.5 Å². The van der Waals surface area contributed by atoms with Gasteiger partial charge in [-0.15, -0.1) is 0 Å². The molecular formula is C9H9ClN4O3. The molecular weight excluding hydrogens is 248 g/mol. The fraction of sp³-hybridized carbons (Fsp3) is 0.333. The molecule has 2 rings (SSSR count). The Bertz CT molecular complexity index is 592. The Morgan fingerprint density at radius 1 is 1.59 bits per heavy atom. The monoisotopic (exact) mass is 256 g/mol. The van der Waals surface area contributed by atoms with Crippen LogP contribution in [-0.4, -0.2) is 26.8 Å². The molecule has 0 radical (unpaired) electrons. The Labute approximate surface area is 101 Å². The van der Waals surface area contributed by atoms with Crippen molar-refractivity contribution in [2.24, 2.45) is 0 Å². The van der Waals surface area contributed by atoms with Gasteiger partial charge in [0.15, 0.2) is 11.0 Å². The quantitative estimate of drug-likeness (QED) is 0.750. The fourth-order valence-electron chi connectivity index (χ4n) is 1.29. The first-order valence-corrected chi connectivity index (χ1v) is 5.07. The summed E-state index contributed by atoms with van der Waals surface area (Å²) in [6.07, 6.45) is 1.30. The molecule has 2 aromatic heterocycles. The Morgan fingerprint density at radius 2 is 2.35 bits per heavy atom. The molecule has 0 saturated heterocycles. The first-order valence-electron chi connectivity index (χ1n) is 4.70. The van der Waals surface area contributed by atoms with Crippen LogP contribution in [0, 0.1) is 6.92 Å². The molecule has 7 nitrogen and oxygen atoms in total. The van der Waals surface area contributed by atoms with E-state index in [1.54, 1.807) is 6.92 Å². The Balaban J connectivity index is 2.37. The molecule has 0 bridgehead atoms. The van der Waals surface area contributed by atoms with Crippen LogP contribution in [0.4, 0.5) is 0 Å². The number of methoxy groups -OCH3 is 1. The molecule has 0 fully saturated rings. The molecule has 0 aliphatic carbocycles. The molecule has 0 unspecified atom stereocenters. The Kier molecular flexibility index (Phi) is 3.10. The topological polar surface area (TPSA) is 83.0 Å². The van der Waals surface area contributed by atoms with E-state index in [2.05, 4.69) is 15.1 Å². The van der Waals surface area contributed by atoms with Crippen LogP contribution in [-0.2, 0) is 6.54 Å². The summed E-state index contributed by atoms with van der Waals surface area (Å²) in [5, 5.41) is 3.71. The lowest BCUT2D eigenvalue weighted by Crippen LogP contribution is -2.23. The third-order valence-electron chi connectivity index (χ3n) is 2.04. The summed E-state index contributed by atoms with van der Waals surface area (Å²) >= 11 is 5.71. The van der Waals surface area contributed by atoms with Gasteiger partial charge in [0.1, 0.15) is 0 Å². The summed E-state index contributed by atoms with van der Waals surface area (Å²) in [6.45, 7) is 1.82. The van der Waals surface area contributed by atoms with Gasteiger partial charge in [0, 0.05) is 6.92 Å². The maximum atomic E-state index is 11.9. The average Bonchev–Trinajstić information content (AvgIpc) is 2.69. The zero-order valence-corrected chi connectivity index (χ0v) is 9.93. The summed E-state index contributed by atoms with van der Waals surface area (Å²) in [4.78, 5) is 19.7. The van der Waals surface area contributed by atoms with Crippen molar-refractivity contribution in [3.8, 4) is 5.75 Å². The summed E-state index contributed by atoms with van der Waals surface area (Å²) in [7, 11) is 1.35. The maximum absolute atomic E-state index is 11.9. The highest BCUT2D eigenvalue weighted by molar-refractivity contribution is 6.30. The molecule has 17 heavy (non-hydrogen) atoms. The zero-order chi connectivity index (χ0) is 12.4. The van der Waals surface area contributed by atoms with Gasteiger partial charge in [-0.05, 0) is 0 Å². The highest BCUT2D eigenvalue weighted by Crippen LogP contribution is 2.14. The van der Waals surface area contributed by atoms with Gasteiger partial charge in [0.2, 0.25) is 11.6 Å². The van der Waals surface area contributed by atoms with E-state index in [-0.39, 0.29) is 17.4 Å². The van der Waals surface area contributed by atoms with Crippen LogP contribution in [0.2, 0.25) is 5.15 Å². The molecule has 2 aromatic rings. The molecule has 0 spiro atoms. The second-order valence-corrected chi connectivity index (χ2v) is 3.59. The van der Waals surface area contributed by atoms with E-state index in [1.807, 2.05) is 0 Å². The zero-order valence-electron chi connectivity index (χ0n) is 9.18.